The van der Waals surface area contributed by atoms with Crippen molar-refractivity contribution in [3.63, 3.8) is 0 Å². The van der Waals surface area contributed by atoms with Crippen molar-refractivity contribution in [3.8, 4) is 91.1 Å². The summed E-state index contributed by atoms with van der Waals surface area (Å²) in [6.07, 6.45) is 32.1. The summed E-state index contributed by atoms with van der Waals surface area (Å²) in [6, 6.07) is 44.9. The zero-order chi connectivity index (χ0) is 66.5. The lowest BCUT2D eigenvalue weighted by Crippen LogP contribution is -2.40. The summed E-state index contributed by atoms with van der Waals surface area (Å²) >= 11 is 0. The molecule has 0 bridgehead atoms. The van der Waals surface area contributed by atoms with Crippen molar-refractivity contribution >= 4 is 23.1 Å². The lowest BCUT2D eigenvalue weighted by molar-refractivity contribution is -0.685. The van der Waals surface area contributed by atoms with E-state index in [1.165, 1.54) is 67.9 Å². The Bertz CT molecular complexity index is 5540. The Morgan fingerprint density at radius 2 is 0.600 bits per heavy atom. The first-order valence-electron chi connectivity index (χ1n) is 31.6. The number of hydrogen-bond donors (Lipinski definition) is 0. The Morgan fingerprint density at radius 3 is 1.00 bits per heavy atom. The number of rotatable bonds is 8. The second kappa shape index (κ2) is 25.4. The number of aromatic nitrogens is 20. The molecule has 0 fully saturated rings. The third kappa shape index (κ3) is 11.5. The predicted octanol–water partition coefficient (Wildman–Crippen LogP) is 7.55. The molecule has 0 aliphatic rings. The van der Waals surface area contributed by atoms with E-state index in [0.717, 1.165) is 63.0 Å². The first kappa shape index (κ1) is 62.0. The maximum absolute atomic E-state index is 4.42. The summed E-state index contributed by atoms with van der Waals surface area (Å²) in [4.78, 5) is 17.6. The molecule has 0 N–H and O–H groups in total. The average Bonchev–Trinajstić information content (AvgIpc) is 1.72. The fourth-order valence-electron chi connectivity index (χ4n) is 13.0. The number of fused-ring (bicyclic) bond motifs is 4. The van der Waals surface area contributed by atoms with Crippen LogP contribution in [0.2, 0.25) is 0 Å². The van der Waals surface area contributed by atoms with Gasteiger partial charge in [0.2, 0.25) is 45.9 Å². The highest BCUT2D eigenvalue weighted by Crippen LogP contribution is 2.27. The molecule has 0 atom stereocenters. The average molecular weight is 1260 g/mol. The van der Waals surface area contributed by atoms with Gasteiger partial charge >= 0.3 is 0 Å². The van der Waals surface area contributed by atoms with Gasteiger partial charge in [-0.25, -0.2) is 19.9 Å². The van der Waals surface area contributed by atoms with Crippen LogP contribution in [0.1, 0.15) is 16.7 Å². The maximum Gasteiger partial charge on any atom is 0.277 e. The molecule has 474 valence electrons. The van der Waals surface area contributed by atoms with Gasteiger partial charge in [0.05, 0.1) is 0 Å². The number of imidazole rings is 8. The van der Waals surface area contributed by atoms with Crippen LogP contribution in [0.15, 0.2) is 227 Å². The summed E-state index contributed by atoms with van der Waals surface area (Å²) in [5.74, 6) is 3.77. The van der Waals surface area contributed by atoms with E-state index >= 15 is 0 Å². The Kier molecular flexibility index (Phi) is 16.6. The van der Waals surface area contributed by atoms with Crippen molar-refractivity contribution in [3.05, 3.63) is 243 Å². The normalized spacial score (nSPS) is 11.3. The van der Waals surface area contributed by atoms with Crippen LogP contribution in [-0.2, 0) is 84.6 Å². The molecule has 0 saturated heterocycles. The van der Waals surface area contributed by atoms with Crippen molar-refractivity contribution in [1.29, 1.82) is 0 Å². The molecule has 0 aromatic carbocycles. The molecule has 0 spiro atoms. The van der Waals surface area contributed by atoms with Gasteiger partial charge in [-0.05, 0) is 68.3 Å². The van der Waals surface area contributed by atoms with E-state index < -0.39 is 0 Å². The Morgan fingerprint density at radius 1 is 0.274 bits per heavy atom. The van der Waals surface area contributed by atoms with E-state index in [-0.39, 0.29) is 0 Å². The topological polar surface area (TPSA) is 120 Å². The van der Waals surface area contributed by atoms with E-state index in [1.54, 1.807) is 0 Å². The van der Waals surface area contributed by atoms with Crippen molar-refractivity contribution in [1.82, 2.24) is 55.8 Å². The third-order valence-corrected chi connectivity index (χ3v) is 18.2. The van der Waals surface area contributed by atoms with Crippen LogP contribution in [0.5, 0.6) is 0 Å². The number of pyridine rings is 8. The quantitative estimate of drug-likeness (QED) is 0.146. The number of aryl methyl sites for hydroxylation is 11. The molecule has 16 aromatic rings. The molecule has 16 rings (SSSR count). The van der Waals surface area contributed by atoms with Crippen molar-refractivity contribution in [2.75, 3.05) is 0 Å². The van der Waals surface area contributed by atoms with Crippen LogP contribution in [0.4, 0.5) is 0 Å². The van der Waals surface area contributed by atoms with Crippen LogP contribution in [0.3, 0.4) is 0 Å². The minimum atomic E-state index is 0.940. The molecular weight excluding hydrogens is 1180 g/mol. The smallest absolute Gasteiger partial charge is 0.277 e. The van der Waals surface area contributed by atoms with Gasteiger partial charge in [-0.3, -0.25) is 17.6 Å². The molecule has 20 heteroatoms. The minimum Gasteiger partial charge on any atom is -0.308 e. The molecule has 16 aromatic heterocycles. The van der Waals surface area contributed by atoms with Crippen molar-refractivity contribution in [2.45, 2.75) is 20.8 Å². The van der Waals surface area contributed by atoms with Crippen LogP contribution < -0.4 is 36.5 Å². The molecule has 95 heavy (non-hydrogen) atoms. The molecule has 0 aliphatic carbocycles. The molecule has 0 unspecified atom stereocenters. The minimum absolute atomic E-state index is 0.940. The van der Waals surface area contributed by atoms with E-state index in [9.17, 15) is 0 Å². The molecule has 0 saturated carbocycles. The number of nitrogens with zero attached hydrogens (tertiary/aromatic N) is 20. The molecular formula is C75H82N20+8. The fourth-order valence-corrected chi connectivity index (χ4v) is 13.0. The zero-order valence-corrected chi connectivity index (χ0v) is 56.8. The van der Waals surface area contributed by atoms with E-state index in [1.807, 2.05) is 77.6 Å². The SMILES string of the molecule is Cc1cc(-c2cn3ccnc3n2C)[n+](C)c(-c2cccc[n+]2C)c1.Cc1cc[n+](C)c(-c2cccc(-c3cn4ccnc4n3C)[n+]2C)c1.Cc1ccc(-c2cccc(-c3cn4ccnc4n3C)[n+]2C)[n+](C)c1.Cn1c(-c2cccc(-c3cccc[n+]3C)[n+]2C)cn2ccnc12. The van der Waals surface area contributed by atoms with Crippen LogP contribution in [0, 0.1) is 20.8 Å². The van der Waals surface area contributed by atoms with Crippen LogP contribution >= 0.6 is 0 Å². The summed E-state index contributed by atoms with van der Waals surface area (Å²) in [5, 5.41) is 0. The second-order valence-corrected chi connectivity index (χ2v) is 24.6. The van der Waals surface area contributed by atoms with Crippen LogP contribution in [-0.4, -0.2) is 55.8 Å². The molecule has 0 radical (unpaired) electrons. The van der Waals surface area contributed by atoms with Gasteiger partial charge in [-0.15, -0.1) is 0 Å². The third-order valence-electron chi connectivity index (χ3n) is 18.2. The van der Waals surface area contributed by atoms with Gasteiger partial charge in [0.15, 0.2) is 24.8 Å². The highest BCUT2D eigenvalue weighted by molar-refractivity contribution is 5.63. The molecule has 16 heterocycles. The largest absolute Gasteiger partial charge is 0.308 e. The van der Waals surface area contributed by atoms with E-state index in [2.05, 4.69) is 347 Å². The summed E-state index contributed by atoms with van der Waals surface area (Å²) in [7, 11) is 25.0. The van der Waals surface area contributed by atoms with Gasteiger partial charge < -0.3 is 18.3 Å². The van der Waals surface area contributed by atoms with Gasteiger partial charge in [0.25, 0.3) is 45.6 Å². The zero-order valence-electron chi connectivity index (χ0n) is 56.8. The van der Waals surface area contributed by atoms with E-state index in [4.69, 9.17) is 0 Å². The lowest BCUT2D eigenvalue weighted by Gasteiger charge is -2.06. The summed E-state index contributed by atoms with van der Waals surface area (Å²) in [5.41, 5.74) is 22.4. The lowest BCUT2D eigenvalue weighted by atomic mass is 10.1. The molecule has 20 nitrogen and oxygen atoms in total. The first-order valence-corrected chi connectivity index (χ1v) is 31.6. The maximum atomic E-state index is 4.42. The second-order valence-electron chi connectivity index (χ2n) is 24.6. The Balaban J connectivity index is 0.000000115. The monoisotopic (exact) mass is 1260 g/mol. The summed E-state index contributed by atoms with van der Waals surface area (Å²) in [6.45, 7) is 6.38. The standard InChI is InChI=1S/3C19H21N5.C18H19N5/c1-14-8-10-21(2)17(12-14)15-6-5-7-16(22(15)3)18-13-24-11-9-20-19(24)23(18)4;1-14-8-9-15(21(2)12-14)16-6-5-7-17(22(16)3)18-13-24-11-10-20-19(24)23(18)4;1-14-11-16(15-7-5-6-9-21(15)2)22(3)17(12-14)18-13-24-10-8-20-19(24)23(18)4;1-20-11-5-4-7-14(20)15-8-6-9-16(21(15)2)17-13-23-12-10-19-18(23)22(17)3/h3*5-13H,1-4H3;4-13H,1-3H3/q4*+2. The van der Waals surface area contributed by atoms with Gasteiger partial charge in [0, 0.05) is 199 Å². The predicted molar refractivity (Wildman–Crippen MR) is 364 cm³/mol. The molecule has 0 amide bonds. The van der Waals surface area contributed by atoms with Gasteiger partial charge in [-0.2, -0.15) is 36.5 Å². The Hall–Kier alpha value is -11.8. The first-order chi connectivity index (χ1) is 45.8. The van der Waals surface area contributed by atoms with Crippen molar-refractivity contribution in [2.24, 2.45) is 84.6 Å². The number of hydrogen-bond acceptors (Lipinski definition) is 4. The fraction of sp³-hybridized carbons (Fsp3) is 0.200. The highest BCUT2D eigenvalue weighted by Gasteiger charge is 2.30. The molecule has 0 aliphatic heterocycles. The van der Waals surface area contributed by atoms with E-state index in [0.29, 0.717) is 0 Å². The van der Waals surface area contributed by atoms with Gasteiger partial charge in [-0.1, -0.05) is 0 Å². The summed E-state index contributed by atoms with van der Waals surface area (Å²) < 4.78 is 34.2. The van der Waals surface area contributed by atoms with Gasteiger partial charge in [0.1, 0.15) is 79.2 Å². The highest BCUT2D eigenvalue weighted by atomic mass is 15.2. The Labute approximate surface area is 552 Å². The van der Waals surface area contributed by atoms with Crippen molar-refractivity contribution < 1.29 is 36.5 Å². The van der Waals surface area contributed by atoms with Crippen LogP contribution in [0.25, 0.3) is 114 Å².